The summed E-state index contributed by atoms with van der Waals surface area (Å²) in [6, 6.07) is 2.56. The summed E-state index contributed by atoms with van der Waals surface area (Å²) >= 11 is 0. The molecule has 1 heterocycles. The van der Waals surface area contributed by atoms with E-state index in [9.17, 15) is 9.18 Å². The van der Waals surface area contributed by atoms with Crippen LogP contribution in [0.4, 0.5) is 4.39 Å². The molecule has 1 aromatic rings. The van der Waals surface area contributed by atoms with Crippen molar-refractivity contribution < 1.29 is 19.0 Å². The maximum absolute atomic E-state index is 12.8. The Kier molecular flexibility index (Phi) is 2.73. The Bertz CT molecular complexity index is 301. The van der Waals surface area contributed by atoms with Crippen molar-refractivity contribution in [3.63, 3.8) is 0 Å². The van der Waals surface area contributed by atoms with Gasteiger partial charge in [-0.15, -0.1) is 10.2 Å². The summed E-state index contributed by atoms with van der Waals surface area (Å²) in [4.78, 5) is 10.2. The van der Waals surface area contributed by atoms with Crippen molar-refractivity contribution in [2.45, 2.75) is 6.17 Å². The van der Waals surface area contributed by atoms with E-state index in [1.165, 1.54) is 19.2 Å². The van der Waals surface area contributed by atoms with Crippen molar-refractivity contribution >= 4 is 5.97 Å². The number of methoxy groups -OCH3 is 1. The summed E-state index contributed by atoms with van der Waals surface area (Å²) in [5, 5.41) is 15.1. The molecule has 6 heteroatoms. The van der Waals surface area contributed by atoms with Gasteiger partial charge in [0.05, 0.1) is 7.11 Å². The summed E-state index contributed by atoms with van der Waals surface area (Å²) < 4.78 is 17.4. The number of aliphatic carboxylic acids is 1. The van der Waals surface area contributed by atoms with Gasteiger partial charge in [-0.1, -0.05) is 0 Å². The molecule has 0 amide bonds. The van der Waals surface area contributed by atoms with E-state index in [1.807, 2.05) is 0 Å². The second-order valence-electron chi connectivity index (χ2n) is 2.20. The molecule has 0 bridgehead atoms. The van der Waals surface area contributed by atoms with Crippen LogP contribution in [0.1, 0.15) is 11.9 Å². The highest BCUT2D eigenvalue weighted by Crippen LogP contribution is 2.15. The lowest BCUT2D eigenvalue weighted by Gasteiger charge is -2.01. The van der Waals surface area contributed by atoms with Crippen LogP contribution in [0.3, 0.4) is 0 Å². The molecule has 1 rings (SSSR count). The maximum atomic E-state index is 12.8. The van der Waals surface area contributed by atoms with E-state index < -0.39 is 12.1 Å². The minimum absolute atomic E-state index is 0.210. The van der Waals surface area contributed by atoms with Crippen molar-refractivity contribution in [1.82, 2.24) is 10.2 Å². The van der Waals surface area contributed by atoms with E-state index in [2.05, 4.69) is 14.9 Å². The molecule has 0 radical (unpaired) electrons. The normalized spacial score (nSPS) is 12.2. The first-order valence-corrected chi connectivity index (χ1v) is 3.39. The van der Waals surface area contributed by atoms with Gasteiger partial charge >= 0.3 is 5.97 Å². The number of carboxylic acid groups (broad SMARTS) is 1. The van der Waals surface area contributed by atoms with Crippen LogP contribution in [-0.2, 0) is 4.79 Å². The first-order chi connectivity index (χ1) is 6.15. The predicted molar refractivity (Wildman–Crippen MR) is 40.1 cm³/mol. The predicted octanol–water partition coefficient (Wildman–Crippen LogP) is 0.580. The Morgan fingerprint density at radius 2 is 2.31 bits per heavy atom. The summed E-state index contributed by atoms with van der Waals surface area (Å²) in [5.41, 5.74) is -0.242. The Balaban J connectivity index is 2.85. The molecular formula is C7H7FN2O3. The molecule has 0 aliphatic rings. The van der Waals surface area contributed by atoms with Gasteiger partial charge in [0, 0.05) is 6.07 Å². The number of hydrogen-bond donors (Lipinski definition) is 1. The van der Waals surface area contributed by atoms with Crippen molar-refractivity contribution in [3.05, 3.63) is 17.8 Å². The SMILES string of the molecule is COc1ccc(C(F)C(=O)O)nn1. The fourth-order valence-corrected chi connectivity index (χ4v) is 0.701. The van der Waals surface area contributed by atoms with Gasteiger partial charge in [-0.2, -0.15) is 0 Å². The van der Waals surface area contributed by atoms with E-state index in [1.54, 1.807) is 0 Å². The number of rotatable bonds is 3. The molecule has 1 N–H and O–H groups in total. The first-order valence-electron chi connectivity index (χ1n) is 3.39. The number of halogens is 1. The van der Waals surface area contributed by atoms with E-state index in [-0.39, 0.29) is 11.6 Å². The zero-order valence-electron chi connectivity index (χ0n) is 6.77. The smallest absolute Gasteiger partial charge is 0.344 e. The maximum Gasteiger partial charge on any atom is 0.344 e. The van der Waals surface area contributed by atoms with Crippen LogP contribution in [0.2, 0.25) is 0 Å². The van der Waals surface area contributed by atoms with Gasteiger partial charge in [0.15, 0.2) is 0 Å². The molecule has 13 heavy (non-hydrogen) atoms. The lowest BCUT2D eigenvalue weighted by Crippen LogP contribution is -2.08. The van der Waals surface area contributed by atoms with E-state index in [0.29, 0.717) is 0 Å². The minimum Gasteiger partial charge on any atom is -0.480 e. The molecule has 5 nitrogen and oxygen atoms in total. The van der Waals surface area contributed by atoms with Crippen LogP contribution in [0.25, 0.3) is 0 Å². The quantitative estimate of drug-likeness (QED) is 0.747. The topological polar surface area (TPSA) is 72.3 Å². The Hall–Kier alpha value is -1.72. The molecule has 1 aromatic heterocycles. The highest BCUT2D eigenvalue weighted by Gasteiger charge is 2.20. The number of ether oxygens (including phenoxy) is 1. The number of carbonyl (C=O) groups is 1. The highest BCUT2D eigenvalue weighted by molar-refractivity contribution is 5.73. The van der Waals surface area contributed by atoms with Gasteiger partial charge in [0.1, 0.15) is 5.69 Å². The van der Waals surface area contributed by atoms with Crippen LogP contribution < -0.4 is 4.74 Å². The van der Waals surface area contributed by atoms with Gasteiger partial charge in [-0.25, -0.2) is 9.18 Å². The second kappa shape index (κ2) is 3.79. The van der Waals surface area contributed by atoms with Crippen molar-refractivity contribution in [1.29, 1.82) is 0 Å². The molecule has 0 saturated heterocycles. The van der Waals surface area contributed by atoms with Crippen LogP contribution in [0.5, 0.6) is 5.88 Å². The molecule has 0 aliphatic carbocycles. The molecule has 1 atom stereocenters. The molecule has 0 spiro atoms. The van der Waals surface area contributed by atoms with Crippen LogP contribution in [0, 0.1) is 0 Å². The number of aromatic nitrogens is 2. The third-order valence-electron chi connectivity index (χ3n) is 1.35. The van der Waals surface area contributed by atoms with Gasteiger partial charge in [-0.3, -0.25) is 0 Å². The summed E-state index contributed by atoms with van der Waals surface area (Å²) in [5.74, 6) is -1.37. The molecule has 1 unspecified atom stereocenters. The minimum atomic E-state index is -2.14. The Morgan fingerprint density at radius 1 is 1.62 bits per heavy atom. The first kappa shape index (κ1) is 9.37. The zero-order chi connectivity index (χ0) is 9.84. The van der Waals surface area contributed by atoms with Crippen LogP contribution in [0.15, 0.2) is 12.1 Å². The van der Waals surface area contributed by atoms with Gasteiger partial charge in [-0.05, 0) is 6.07 Å². The molecular weight excluding hydrogens is 179 g/mol. The number of nitrogens with zero attached hydrogens (tertiary/aromatic N) is 2. The van der Waals surface area contributed by atoms with E-state index in [0.717, 1.165) is 0 Å². The monoisotopic (exact) mass is 186 g/mol. The lowest BCUT2D eigenvalue weighted by molar-refractivity contribution is -0.143. The Labute approximate surface area is 73.2 Å². The van der Waals surface area contributed by atoms with Gasteiger partial charge in [0.25, 0.3) is 0 Å². The van der Waals surface area contributed by atoms with Crippen LogP contribution >= 0.6 is 0 Å². The molecule has 0 fully saturated rings. The number of hydrogen-bond acceptors (Lipinski definition) is 4. The largest absolute Gasteiger partial charge is 0.480 e. The molecule has 70 valence electrons. The van der Waals surface area contributed by atoms with Gasteiger partial charge < -0.3 is 9.84 Å². The molecule has 0 aliphatic heterocycles. The lowest BCUT2D eigenvalue weighted by atomic mass is 10.2. The van der Waals surface area contributed by atoms with Crippen molar-refractivity contribution in [2.24, 2.45) is 0 Å². The summed E-state index contributed by atoms with van der Waals surface area (Å²) in [7, 11) is 1.38. The van der Waals surface area contributed by atoms with E-state index in [4.69, 9.17) is 5.11 Å². The standard InChI is InChI=1S/C7H7FN2O3/c1-13-5-3-2-4(9-10-5)6(8)7(11)12/h2-3,6H,1H3,(H,11,12). The van der Waals surface area contributed by atoms with E-state index >= 15 is 0 Å². The van der Waals surface area contributed by atoms with Gasteiger partial charge in [0.2, 0.25) is 12.1 Å². The summed E-state index contributed by atoms with van der Waals surface area (Å²) in [6.45, 7) is 0. The molecule has 0 aromatic carbocycles. The van der Waals surface area contributed by atoms with Crippen molar-refractivity contribution in [3.8, 4) is 5.88 Å². The fourth-order valence-electron chi connectivity index (χ4n) is 0.701. The zero-order valence-corrected chi connectivity index (χ0v) is 6.77. The average Bonchev–Trinajstić information content (AvgIpc) is 2.17. The summed E-state index contributed by atoms with van der Waals surface area (Å²) in [6.07, 6.45) is -2.14. The third kappa shape index (κ3) is 2.11. The van der Waals surface area contributed by atoms with Crippen molar-refractivity contribution in [2.75, 3.05) is 7.11 Å². The van der Waals surface area contributed by atoms with Crippen LogP contribution in [-0.4, -0.2) is 28.4 Å². The molecule has 0 saturated carbocycles. The second-order valence-corrected chi connectivity index (χ2v) is 2.20. The average molecular weight is 186 g/mol. The third-order valence-corrected chi connectivity index (χ3v) is 1.35. The fraction of sp³-hybridized carbons (Fsp3) is 0.286. The number of alkyl halides is 1. The number of carboxylic acids is 1. The highest BCUT2D eigenvalue weighted by atomic mass is 19.1. The Morgan fingerprint density at radius 3 is 2.69 bits per heavy atom.